The summed E-state index contributed by atoms with van der Waals surface area (Å²) in [6, 6.07) is 0.801. The molecule has 3 saturated heterocycles. The van der Waals surface area contributed by atoms with Crippen LogP contribution in [-0.2, 0) is 4.74 Å². The van der Waals surface area contributed by atoms with Crippen LogP contribution in [0.4, 0.5) is 0 Å². The smallest absolute Gasteiger partial charge is 0.0594 e. The lowest BCUT2D eigenvalue weighted by atomic mass is 9.95. The molecule has 116 valence electrons. The predicted octanol–water partition coefficient (Wildman–Crippen LogP) is 1.17. The van der Waals surface area contributed by atoms with Crippen LogP contribution in [0.15, 0.2) is 0 Å². The first-order valence-electron chi connectivity index (χ1n) is 8.67. The topological polar surface area (TPSA) is 27.7 Å². The van der Waals surface area contributed by atoms with Crippen LogP contribution in [0.2, 0.25) is 0 Å². The van der Waals surface area contributed by atoms with Gasteiger partial charge in [0.1, 0.15) is 0 Å². The van der Waals surface area contributed by atoms with E-state index in [1.54, 1.807) is 0 Å². The highest BCUT2D eigenvalue weighted by Crippen LogP contribution is 2.20. The Morgan fingerprint density at radius 3 is 2.80 bits per heavy atom. The third-order valence-electron chi connectivity index (χ3n) is 5.30. The third-order valence-corrected chi connectivity index (χ3v) is 5.30. The zero-order chi connectivity index (χ0) is 13.6. The van der Waals surface area contributed by atoms with E-state index in [2.05, 4.69) is 15.1 Å². The summed E-state index contributed by atoms with van der Waals surface area (Å²) in [7, 11) is 0. The van der Waals surface area contributed by atoms with Crippen LogP contribution in [0.3, 0.4) is 0 Å². The van der Waals surface area contributed by atoms with Gasteiger partial charge >= 0.3 is 0 Å². The van der Waals surface area contributed by atoms with Gasteiger partial charge in [-0.15, -0.1) is 0 Å². The maximum Gasteiger partial charge on any atom is 0.0594 e. The quantitative estimate of drug-likeness (QED) is 0.819. The van der Waals surface area contributed by atoms with Gasteiger partial charge in [-0.1, -0.05) is 0 Å². The fourth-order valence-corrected chi connectivity index (χ4v) is 4.03. The average Bonchev–Trinajstić information content (AvgIpc) is 2.98. The minimum Gasteiger partial charge on any atom is -0.379 e. The van der Waals surface area contributed by atoms with Crippen molar-refractivity contribution in [3.05, 3.63) is 0 Å². The van der Waals surface area contributed by atoms with Gasteiger partial charge in [0, 0.05) is 25.7 Å². The number of nitrogens with zero attached hydrogens (tertiary/aromatic N) is 2. The van der Waals surface area contributed by atoms with Gasteiger partial charge < -0.3 is 15.0 Å². The molecule has 0 amide bonds. The number of nitrogens with one attached hydrogen (secondary N) is 1. The molecular weight excluding hydrogens is 250 g/mol. The second kappa shape index (κ2) is 7.74. The van der Waals surface area contributed by atoms with Crippen LogP contribution in [0.1, 0.15) is 32.1 Å². The molecule has 0 bridgehead atoms. The summed E-state index contributed by atoms with van der Waals surface area (Å²) in [4.78, 5) is 5.34. The second-order valence-electron chi connectivity index (χ2n) is 6.75. The minimum absolute atomic E-state index is 0.801. The summed E-state index contributed by atoms with van der Waals surface area (Å²) in [5.41, 5.74) is 0. The first kappa shape index (κ1) is 14.8. The van der Waals surface area contributed by atoms with E-state index >= 15 is 0 Å². The summed E-state index contributed by atoms with van der Waals surface area (Å²) in [6.45, 7) is 10.6. The normalized spacial score (nSPS) is 33.6. The van der Waals surface area contributed by atoms with Gasteiger partial charge in [0.05, 0.1) is 13.2 Å². The summed E-state index contributed by atoms with van der Waals surface area (Å²) < 4.78 is 5.46. The number of morpholine rings is 1. The number of rotatable bonds is 5. The summed E-state index contributed by atoms with van der Waals surface area (Å²) in [5, 5.41) is 3.53. The molecule has 4 nitrogen and oxygen atoms in total. The van der Waals surface area contributed by atoms with Gasteiger partial charge in [0.15, 0.2) is 0 Å². The predicted molar refractivity (Wildman–Crippen MR) is 82.1 cm³/mol. The SMILES string of the molecule is C1CNCC(CCCN2CCC(N3CCOCC3)C2)C1. The van der Waals surface area contributed by atoms with Crippen molar-refractivity contribution in [3.8, 4) is 0 Å². The molecule has 3 aliphatic heterocycles. The highest BCUT2D eigenvalue weighted by Gasteiger charge is 2.28. The fraction of sp³-hybridized carbons (Fsp3) is 1.00. The maximum absolute atomic E-state index is 5.46. The molecular formula is C16H31N3O. The van der Waals surface area contributed by atoms with Crippen LogP contribution < -0.4 is 5.32 Å². The van der Waals surface area contributed by atoms with Crippen LogP contribution in [0, 0.1) is 5.92 Å². The lowest BCUT2D eigenvalue weighted by Gasteiger charge is -2.32. The molecule has 4 heteroatoms. The lowest BCUT2D eigenvalue weighted by Crippen LogP contribution is -2.44. The Morgan fingerprint density at radius 2 is 2.00 bits per heavy atom. The molecule has 2 atom stereocenters. The number of piperidine rings is 1. The highest BCUT2D eigenvalue weighted by atomic mass is 16.5. The summed E-state index contributed by atoms with van der Waals surface area (Å²) in [5.74, 6) is 0.946. The Bertz CT molecular complexity index is 275. The van der Waals surface area contributed by atoms with E-state index in [1.807, 2.05) is 0 Å². The first-order chi connectivity index (χ1) is 9.92. The maximum atomic E-state index is 5.46. The molecule has 0 radical (unpaired) electrons. The van der Waals surface area contributed by atoms with Crippen molar-refractivity contribution in [2.75, 3.05) is 59.0 Å². The van der Waals surface area contributed by atoms with Crippen molar-refractivity contribution in [1.29, 1.82) is 0 Å². The van der Waals surface area contributed by atoms with Crippen LogP contribution in [-0.4, -0.2) is 74.9 Å². The van der Waals surface area contributed by atoms with Crippen molar-refractivity contribution in [3.63, 3.8) is 0 Å². The number of likely N-dealkylation sites (tertiary alicyclic amines) is 1. The largest absolute Gasteiger partial charge is 0.379 e. The molecule has 2 unspecified atom stereocenters. The fourth-order valence-electron chi connectivity index (χ4n) is 4.03. The Labute approximate surface area is 123 Å². The Morgan fingerprint density at radius 1 is 1.10 bits per heavy atom. The van der Waals surface area contributed by atoms with E-state index in [4.69, 9.17) is 4.74 Å². The summed E-state index contributed by atoms with van der Waals surface area (Å²) >= 11 is 0. The molecule has 1 N–H and O–H groups in total. The molecule has 3 rings (SSSR count). The molecule has 0 spiro atoms. The molecule has 0 aromatic rings. The van der Waals surface area contributed by atoms with E-state index in [9.17, 15) is 0 Å². The Hall–Kier alpha value is -0.160. The van der Waals surface area contributed by atoms with Crippen LogP contribution >= 0.6 is 0 Å². The molecule has 3 heterocycles. The third kappa shape index (κ3) is 4.17. The number of hydrogen-bond donors (Lipinski definition) is 1. The molecule has 3 fully saturated rings. The van der Waals surface area contributed by atoms with Crippen molar-refractivity contribution in [2.45, 2.75) is 38.1 Å². The zero-order valence-corrected chi connectivity index (χ0v) is 12.9. The second-order valence-corrected chi connectivity index (χ2v) is 6.75. The average molecular weight is 281 g/mol. The number of hydrogen-bond acceptors (Lipinski definition) is 4. The van der Waals surface area contributed by atoms with Crippen LogP contribution in [0.25, 0.3) is 0 Å². The highest BCUT2D eigenvalue weighted by molar-refractivity contribution is 4.84. The monoisotopic (exact) mass is 281 g/mol. The molecule has 0 aliphatic carbocycles. The Balaban J connectivity index is 1.31. The van der Waals surface area contributed by atoms with Crippen molar-refractivity contribution < 1.29 is 4.74 Å². The standard InChI is InChI=1S/C16H31N3O/c1-3-15(13-17-6-1)4-2-7-18-8-5-16(14-18)19-9-11-20-12-10-19/h15-17H,1-14H2. The van der Waals surface area contributed by atoms with Crippen molar-refractivity contribution in [2.24, 2.45) is 5.92 Å². The molecule has 3 aliphatic rings. The number of ether oxygens (including phenoxy) is 1. The molecule has 0 saturated carbocycles. The summed E-state index contributed by atoms with van der Waals surface area (Å²) in [6.07, 6.45) is 7.01. The van der Waals surface area contributed by atoms with Gasteiger partial charge in [-0.3, -0.25) is 4.90 Å². The molecule has 0 aromatic heterocycles. The van der Waals surface area contributed by atoms with Crippen molar-refractivity contribution >= 4 is 0 Å². The van der Waals surface area contributed by atoms with E-state index in [0.717, 1.165) is 38.3 Å². The van der Waals surface area contributed by atoms with E-state index in [0.29, 0.717) is 0 Å². The molecule has 0 aromatic carbocycles. The minimum atomic E-state index is 0.801. The van der Waals surface area contributed by atoms with Gasteiger partial charge in [0.2, 0.25) is 0 Å². The van der Waals surface area contributed by atoms with E-state index in [-0.39, 0.29) is 0 Å². The Kier molecular flexibility index (Phi) is 5.71. The van der Waals surface area contributed by atoms with E-state index < -0.39 is 0 Å². The zero-order valence-electron chi connectivity index (χ0n) is 12.9. The van der Waals surface area contributed by atoms with Crippen molar-refractivity contribution in [1.82, 2.24) is 15.1 Å². The first-order valence-corrected chi connectivity index (χ1v) is 8.67. The van der Waals surface area contributed by atoms with Gasteiger partial charge in [-0.05, 0) is 64.2 Å². The lowest BCUT2D eigenvalue weighted by molar-refractivity contribution is 0.0185. The van der Waals surface area contributed by atoms with Crippen LogP contribution in [0.5, 0.6) is 0 Å². The van der Waals surface area contributed by atoms with Gasteiger partial charge in [0.25, 0.3) is 0 Å². The molecule has 20 heavy (non-hydrogen) atoms. The van der Waals surface area contributed by atoms with Gasteiger partial charge in [-0.25, -0.2) is 0 Å². The van der Waals surface area contributed by atoms with Gasteiger partial charge in [-0.2, -0.15) is 0 Å². The van der Waals surface area contributed by atoms with E-state index in [1.165, 1.54) is 64.8 Å².